The highest BCUT2D eigenvalue weighted by atomic mass is 16.5. The lowest BCUT2D eigenvalue weighted by Gasteiger charge is -2.43. The topological polar surface area (TPSA) is 12.5 Å². The molecule has 0 bridgehead atoms. The Morgan fingerprint density at radius 2 is 1.59 bits per heavy atom. The molecule has 22 heavy (non-hydrogen) atoms. The molecule has 0 aromatic heterocycles. The highest BCUT2D eigenvalue weighted by molar-refractivity contribution is 5.35. The normalized spacial score (nSPS) is 25.5. The van der Waals surface area contributed by atoms with E-state index in [1.54, 1.807) is 0 Å². The van der Waals surface area contributed by atoms with Crippen LogP contribution in [0.5, 0.6) is 0 Å². The van der Waals surface area contributed by atoms with Gasteiger partial charge in [0.2, 0.25) is 0 Å². The predicted octanol–water partition coefficient (Wildman–Crippen LogP) is 4.79. The zero-order valence-electron chi connectivity index (χ0n) is 15.4. The lowest BCUT2D eigenvalue weighted by atomic mass is 9.79. The summed E-state index contributed by atoms with van der Waals surface area (Å²) in [6.07, 6.45) is 0.624. The van der Waals surface area contributed by atoms with Crippen molar-refractivity contribution in [3.05, 3.63) is 35.4 Å². The van der Waals surface area contributed by atoms with Crippen LogP contribution in [0.3, 0.4) is 0 Å². The minimum absolute atomic E-state index is 0.174. The quantitative estimate of drug-likeness (QED) is 0.796. The second-order valence-electron chi connectivity index (χ2n) is 8.24. The molecule has 2 heteroatoms. The van der Waals surface area contributed by atoms with Gasteiger partial charge in [-0.2, -0.15) is 0 Å². The van der Waals surface area contributed by atoms with Crippen LogP contribution < -0.4 is 0 Å². The molecule has 1 saturated heterocycles. The minimum Gasteiger partial charge on any atom is -0.373 e. The van der Waals surface area contributed by atoms with Crippen molar-refractivity contribution in [1.82, 2.24) is 4.90 Å². The number of nitrogens with zero attached hydrogens (tertiary/aromatic N) is 1. The van der Waals surface area contributed by atoms with Crippen LogP contribution in [0.4, 0.5) is 0 Å². The van der Waals surface area contributed by atoms with Crippen molar-refractivity contribution in [3.63, 3.8) is 0 Å². The summed E-state index contributed by atoms with van der Waals surface area (Å²) < 4.78 is 5.94. The Labute approximate surface area is 136 Å². The molecule has 1 unspecified atom stereocenters. The number of hydrogen-bond donors (Lipinski definition) is 0. The molecule has 0 amide bonds. The smallest absolute Gasteiger partial charge is 0.0678 e. The summed E-state index contributed by atoms with van der Waals surface area (Å²) in [6, 6.07) is 9.46. The van der Waals surface area contributed by atoms with E-state index in [9.17, 15) is 0 Å². The van der Waals surface area contributed by atoms with Crippen LogP contribution in [0, 0.1) is 5.92 Å². The Morgan fingerprint density at radius 1 is 1.05 bits per heavy atom. The number of ether oxygens (including phenoxy) is 1. The Morgan fingerprint density at radius 3 is 2.09 bits per heavy atom. The van der Waals surface area contributed by atoms with Crippen molar-refractivity contribution in [2.75, 3.05) is 13.1 Å². The monoisotopic (exact) mass is 303 g/mol. The van der Waals surface area contributed by atoms with Gasteiger partial charge in [-0.1, -0.05) is 58.9 Å². The van der Waals surface area contributed by atoms with Gasteiger partial charge < -0.3 is 4.74 Å². The van der Waals surface area contributed by atoms with E-state index in [4.69, 9.17) is 4.74 Å². The van der Waals surface area contributed by atoms with Crippen LogP contribution >= 0.6 is 0 Å². The van der Waals surface area contributed by atoms with Gasteiger partial charge in [-0.3, -0.25) is 4.90 Å². The van der Waals surface area contributed by atoms with Gasteiger partial charge in [-0.15, -0.1) is 0 Å². The van der Waals surface area contributed by atoms with Crippen LogP contribution in [0.1, 0.15) is 65.6 Å². The molecule has 2 nitrogen and oxygen atoms in total. The van der Waals surface area contributed by atoms with E-state index in [1.165, 1.54) is 11.1 Å². The van der Waals surface area contributed by atoms with Crippen LogP contribution in [0.2, 0.25) is 0 Å². The molecule has 0 radical (unpaired) electrons. The van der Waals surface area contributed by atoms with Gasteiger partial charge in [0.05, 0.1) is 12.2 Å². The van der Waals surface area contributed by atoms with Crippen molar-refractivity contribution in [2.24, 2.45) is 5.92 Å². The minimum atomic E-state index is 0.174. The molecule has 1 aliphatic rings. The fourth-order valence-corrected chi connectivity index (χ4v) is 3.86. The number of rotatable bonds is 3. The van der Waals surface area contributed by atoms with Crippen molar-refractivity contribution < 1.29 is 4.74 Å². The molecule has 1 aromatic carbocycles. The van der Waals surface area contributed by atoms with Gasteiger partial charge in [-0.25, -0.2) is 0 Å². The van der Waals surface area contributed by atoms with Gasteiger partial charge in [0.1, 0.15) is 0 Å². The fraction of sp³-hybridized carbons (Fsp3) is 0.700. The van der Waals surface area contributed by atoms with E-state index < -0.39 is 0 Å². The molecule has 1 heterocycles. The number of hydrogen-bond acceptors (Lipinski definition) is 2. The van der Waals surface area contributed by atoms with Crippen molar-refractivity contribution >= 4 is 0 Å². The maximum Gasteiger partial charge on any atom is 0.0678 e. The average Bonchev–Trinajstić information content (AvgIpc) is 2.36. The molecule has 1 aliphatic heterocycles. The fourth-order valence-electron chi connectivity index (χ4n) is 3.86. The number of morpholine rings is 1. The third kappa shape index (κ3) is 3.91. The Bertz CT molecular complexity index is 479. The van der Waals surface area contributed by atoms with Crippen molar-refractivity contribution in [2.45, 2.75) is 72.1 Å². The van der Waals surface area contributed by atoms with Gasteiger partial charge >= 0.3 is 0 Å². The van der Waals surface area contributed by atoms with Gasteiger partial charge in [-0.05, 0) is 36.3 Å². The van der Waals surface area contributed by atoms with Crippen molar-refractivity contribution in [1.29, 1.82) is 0 Å². The van der Waals surface area contributed by atoms with Crippen LogP contribution in [0.15, 0.2) is 24.3 Å². The maximum atomic E-state index is 5.94. The van der Waals surface area contributed by atoms with Gasteiger partial charge in [0.15, 0.2) is 0 Å². The Kier molecular flexibility index (Phi) is 5.34. The van der Waals surface area contributed by atoms with E-state index in [0.717, 1.165) is 13.1 Å². The molecule has 1 aromatic rings. The molecule has 0 spiro atoms. The molecular weight excluding hydrogens is 270 g/mol. The Balaban J connectivity index is 2.41. The third-order valence-corrected chi connectivity index (χ3v) is 4.56. The largest absolute Gasteiger partial charge is 0.373 e. The lowest BCUT2D eigenvalue weighted by Crippen LogP contribution is -2.48. The standard InChI is InChI=1S/C20H33NO/c1-14(2)19(21-12-15(3)22-16(4)13-21)17-10-8-9-11-18(17)20(5,6)7/h8-11,14-16,19H,12-13H2,1-7H3/t15-,16+,19?. The molecule has 0 aliphatic carbocycles. The zero-order valence-corrected chi connectivity index (χ0v) is 15.4. The summed E-state index contributed by atoms with van der Waals surface area (Å²) >= 11 is 0. The van der Waals surface area contributed by atoms with Crippen molar-refractivity contribution in [3.8, 4) is 0 Å². The molecule has 0 N–H and O–H groups in total. The zero-order chi connectivity index (χ0) is 16.5. The van der Waals surface area contributed by atoms with E-state index in [0.29, 0.717) is 24.2 Å². The lowest BCUT2D eigenvalue weighted by molar-refractivity contribution is -0.0864. The molecule has 124 valence electrons. The van der Waals surface area contributed by atoms with Gasteiger partial charge in [0.25, 0.3) is 0 Å². The van der Waals surface area contributed by atoms with E-state index in [2.05, 4.69) is 77.6 Å². The van der Waals surface area contributed by atoms with E-state index >= 15 is 0 Å². The first kappa shape index (κ1) is 17.5. The first-order valence-electron chi connectivity index (χ1n) is 8.69. The molecule has 0 saturated carbocycles. The second kappa shape index (κ2) is 6.72. The third-order valence-electron chi connectivity index (χ3n) is 4.56. The number of benzene rings is 1. The Hall–Kier alpha value is -0.860. The molecular formula is C20H33NO. The van der Waals surface area contributed by atoms with E-state index in [-0.39, 0.29) is 5.41 Å². The van der Waals surface area contributed by atoms with E-state index in [1.807, 2.05) is 0 Å². The summed E-state index contributed by atoms with van der Waals surface area (Å²) in [7, 11) is 0. The summed E-state index contributed by atoms with van der Waals surface area (Å²) in [5.41, 5.74) is 3.14. The summed E-state index contributed by atoms with van der Waals surface area (Å²) in [5.74, 6) is 0.584. The second-order valence-corrected chi connectivity index (χ2v) is 8.24. The summed E-state index contributed by atoms with van der Waals surface area (Å²) in [5, 5.41) is 0. The summed E-state index contributed by atoms with van der Waals surface area (Å²) in [4.78, 5) is 2.63. The van der Waals surface area contributed by atoms with Crippen LogP contribution in [0.25, 0.3) is 0 Å². The predicted molar refractivity (Wildman–Crippen MR) is 94.3 cm³/mol. The average molecular weight is 303 g/mol. The summed E-state index contributed by atoms with van der Waals surface area (Å²) in [6.45, 7) is 18.0. The molecule has 1 fully saturated rings. The highest BCUT2D eigenvalue weighted by Gasteiger charge is 2.33. The van der Waals surface area contributed by atoms with Crippen LogP contribution in [-0.4, -0.2) is 30.2 Å². The molecule has 3 atom stereocenters. The molecule has 2 rings (SSSR count). The SMILES string of the molecule is CC(C)C(c1ccccc1C(C)(C)C)N1C[C@@H](C)O[C@@H](C)C1. The first-order chi connectivity index (χ1) is 10.2. The highest BCUT2D eigenvalue weighted by Crippen LogP contribution is 2.37. The first-order valence-corrected chi connectivity index (χ1v) is 8.69. The van der Waals surface area contributed by atoms with Gasteiger partial charge in [0, 0.05) is 19.1 Å². The maximum absolute atomic E-state index is 5.94. The van der Waals surface area contributed by atoms with Crippen LogP contribution in [-0.2, 0) is 10.2 Å².